The molecule has 0 fully saturated rings. The minimum absolute atomic E-state index is 0.327. The lowest BCUT2D eigenvalue weighted by molar-refractivity contribution is 0.383. The minimum atomic E-state index is 0.327. The molecular weight excluding hydrogens is 262 g/mol. The normalized spacial score (nSPS) is 10.3. The predicted molar refractivity (Wildman–Crippen MR) is 90.4 cm³/mol. The maximum atomic E-state index is 8.95. The van der Waals surface area contributed by atoms with Gasteiger partial charge in [0.1, 0.15) is 0 Å². The van der Waals surface area contributed by atoms with Gasteiger partial charge in [0.2, 0.25) is 0 Å². The van der Waals surface area contributed by atoms with Gasteiger partial charge in [0.05, 0.1) is 5.76 Å². The Morgan fingerprint density at radius 3 is 1.52 bits per heavy atom. The molecule has 0 aliphatic rings. The van der Waals surface area contributed by atoms with Crippen molar-refractivity contribution in [1.29, 1.82) is 0 Å². The molecule has 0 aliphatic carbocycles. The highest BCUT2D eigenvalue weighted by molar-refractivity contribution is 4.77. The van der Waals surface area contributed by atoms with Gasteiger partial charge >= 0.3 is 0 Å². The molecule has 4 heteroatoms. The smallest absolute Gasteiger partial charge is 0.0851 e. The van der Waals surface area contributed by atoms with Crippen molar-refractivity contribution in [2.45, 2.75) is 89.9 Å². The summed E-state index contributed by atoms with van der Waals surface area (Å²) in [5, 5.41) is 12.5. The second kappa shape index (κ2) is 16.9. The summed E-state index contributed by atoms with van der Waals surface area (Å²) >= 11 is 0. The van der Waals surface area contributed by atoms with Gasteiger partial charge in [0.15, 0.2) is 0 Å². The lowest BCUT2D eigenvalue weighted by Gasteiger charge is -2.03. The van der Waals surface area contributed by atoms with Crippen LogP contribution in [0.4, 0.5) is 0 Å². The van der Waals surface area contributed by atoms with Gasteiger partial charge < -0.3 is 5.11 Å². The topological polar surface area (TPSA) is 69.0 Å². The van der Waals surface area contributed by atoms with E-state index in [1.54, 1.807) is 0 Å². The average molecular weight is 295 g/mol. The Bertz CT molecular complexity index is 272. The Morgan fingerprint density at radius 2 is 1.14 bits per heavy atom. The fraction of sp³-hybridized carbons (Fsp3) is 0.882. The van der Waals surface area contributed by atoms with Gasteiger partial charge in [-0.05, 0) is 18.4 Å². The van der Waals surface area contributed by atoms with Gasteiger partial charge in [-0.2, -0.15) is 0 Å². The van der Waals surface area contributed by atoms with E-state index in [2.05, 4.69) is 16.6 Å². The molecule has 21 heavy (non-hydrogen) atoms. The molecule has 0 rings (SSSR count). The lowest BCUT2D eigenvalue weighted by atomic mass is 10.0. The molecule has 0 bridgehead atoms. The molecule has 122 valence electrons. The number of unbranched alkanes of at least 4 members (excludes halogenated alkanes) is 12. The summed E-state index contributed by atoms with van der Waals surface area (Å²) in [5.41, 5.74) is 8.14. The number of aliphatic hydroxyl groups is 1. The van der Waals surface area contributed by atoms with E-state index in [9.17, 15) is 0 Å². The first kappa shape index (κ1) is 19.9. The molecule has 0 aromatic heterocycles. The standard InChI is InChI=1S/C17H33N3O/c1-17(21)15-13-11-9-7-5-3-2-4-6-8-10-12-14-16-19-20-18/h21H,1-16H2. The van der Waals surface area contributed by atoms with Crippen molar-refractivity contribution in [1.82, 2.24) is 0 Å². The van der Waals surface area contributed by atoms with Crippen LogP contribution in [-0.2, 0) is 0 Å². The number of hydrogen-bond acceptors (Lipinski definition) is 2. The Morgan fingerprint density at radius 1 is 0.762 bits per heavy atom. The van der Waals surface area contributed by atoms with Crippen LogP contribution in [-0.4, -0.2) is 11.7 Å². The van der Waals surface area contributed by atoms with Crippen LogP contribution in [0.25, 0.3) is 10.4 Å². The van der Waals surface area contributed by atoms with Crippen LogP contribution in [0.5, 0.6) is 0 Å². The van der Waals surface area contributed by atoms with Gasteiger partial charge in [-0.25, -0.2) is 0 Å². The van der Waals surface area contributed by atoms with Gasteiger partial charge in [-0.3, -0.25) is 0 Å². The molecule has 0 saturated heterocycles. The van der Waals surface area contributed by atoms with Crippen molar-refractivity contribution < 1.29 is 5.11 Å². The maximum Gasteiger partial charge on any atom is 0.0851 e. The molecule has 4 nitrogen and oxygen atoms in total. The van der Waals surface area contributed by atoms with Crippen LogP contribution in [0.3, 0.4) is 0 Å². The average Bonchev–Trinajstić information content (AvgIpc) is 2.46. The molecule has 0 saturated carbocycles. The molecule has 0 aromatic rings. The van der Waals surface area contributed by atoms with E-state index in [4.69, 9.17) is 10.6 Å². The first-order valence-corrected chi connectivity index (χ1v) is 8.65. The Balaban J connectivity index is 2.99. The van der Waals surface area contributed by atoms with Crippen molar-refractivity contribution in [3.05, 3.63) is 22.8 Å². The third-order valence-electron chi connectivity index (χ3n) is 3.79. The SMILES string of the molecule is C=C(O)CCCCCCCCCCCCCCCN=[N+]=[N-]. The molecule has 0 spiro atoms. The van der Waals surface area contributed by atoms with E-state index in [1.165, 1.54) is 70.6 Å². The monoisotopic (exact) mass is 295 g/mol. The molecule has 0 aromatic carbocycles. The summed E-state index contributed by atoms with van der Waals surface area (Å²) in [6.07, 6.45) is 17.3. The van der Waals surface area contributed by atoms with E-state index in [-0.39, 0.29) is 0 Å². The van der Waals surface area contributed by atoms with Crippen molar-refractivity contribution in [2.24, 2.45) is 5.11 Å². The lowest BCUT2D eigenvalue weighted by Crippen LogP contribution is -1.84. The summed E-state index contributed by atoms with van der Waals surface area (Å²) in [5.74, 6) is 0.327. The first-order chi connectivity index (χ1) is 10.3. The molecular formula is C17H33N3O. The Hall–Kier alpha value is -1.15. The molecule has 0 unspecified atom stereocenters. The zero-order valence-electron chi connectivity index (χ0n) is 13.6. The minimum Gasteiger partial charge on any atom is -0.513 e. The van der Waals surface area contributed by atoms with Crippen LogP contribution in [0.15, 0.2) is 17.5 Å². The van der Waals surface area contributed by atoms with Crippen LogP contribution in [0.1, 0.15) is 89.9 Å². The summed E-state index contributed by atoms with van der Waals surface area (Å²) in [4.78, 5) is 2.75. The number of allylic oxidation sites excluding steroid dienone is 1. The van der Waals surface area contributed by atoms with Gasteiger partial charge in [0, 0.05) is 17.9 Å². The molecule has 0 aliphatic heterocycles. The zero-order valence-corrected chi connectivity index (χ0v) is 13.6. The van der Waals surface area contributed by atoms with Gasteiger partial charge in [0.25, 0.3) is 0 Å². The van der Waals surface area contributed by atoms with Crippen LogP contribution in [0.2, 0.25) is 0 Å². The molecule has 0 amide bonds. The van der Waals surface area contributed by atoms with E-state index < -0.39 is 0 Å². The molecule has 0 radical (unpaired) electrons. The second-order valence-electron chi connectivity index (χ2n) is 5.87. The van der Waals surface area contributed by atoms with E-state index >= 15 is 0 Å². The number of nitrogens with zero attached hydrogens (tertiary/aromatic N) is 3. The van der Waals surface area contributed by atoms with Crippen molar-refractivity contribution in [3.8, 4) is 0 Å². The number of aliphatic hydroxyl groups excluding tert-OH is 1. The van der Waals surface area contributed by atoms with E-state index in [0.717, 1.165) is 19.3 Å². The summed E-state index contributed by atoms with van der Waals surface area (Å²) in [7, 11) is 0. The third-order valence-corrected chi connectivity index (χ3v) is 3.79. The Kier molecular flexibility index (Phi) is 16.0. The van der Waals surface area contributed by atoms with Crippen LogP contribution < -0.4 is 0 Å². The zero-order chi connectivity index (χ0) is 15.6. The Labute approximate surface area is 130 Å². The summed E-state index contributed by atoms with van der Waals surface area (Å²) in [6.45, 7) is 4.15. The molecule has 0 heterocycles. The van der Waals surface area contributed by atoms with E-state index in [1.807, 2.05) is 0 Å². The molecule has 1 N–H and O–H groups in total. The largest absolute Gasteiger partial charge is 0.513 e. The highest BCUT2D eigenvalue weighted by Crippen LogP contribution is 2.13. The maximum absolute atomic E-state index is 8.95. The van der Waals surface area contributed by atoms with Crippen LogP contribution >= 0.6 is 0 Å². The van der Waals surface area contributed by atoms with Crippen molar-refractivity contribution >= 4 is 0 Å². The number of azide groups is 1. The van der Waals surface area contributed by atoms with Crippen molar-refractivity contribution in [2.75, 3.05) is 6.54 Å². The van der Waals surface area contributed by atoms with Crippen molar-refractivity contribution in [3.63, 3.8) is 0 Å². The summed E-state index contributed by atoms with van der Waals surface area (Å²) < 4.78 is 0. The van der Waals surface area contributed by atoms with E-state index in [0.29, 0.717) is 12.3 Å². The summed E-state index contributed by atoms with van der Waals surface area (Å²) in [6, 6.07) is 0. The van der Waals surface area contributed by atoms with Gasteiger partial charge in [-0.15, -0.1) is 0 Å². The van der Waals surface area contributed by atoms with Crippen LogP contribution in [0, 0.1) is 0 Å². The second-order valence-corrected chi connectivity index (χ2v) is 5.87. The first-order valence-electron chi connectivity index (χ1n) is 8.65. The number of hydrogen-bond donors (Lipinski definition) is 1. The quantitative estimate of drug-likeness (QED) is 0.109. The highest BCUT2D eigenvalue weighted by Gasteiger charge is 1.94. The van der Waals surface area contributed by atoms with Gasteiger partial charge in [-0.1, -0.05) is 82.3 Å². The predicted octanol–water partition coefficient (Wildman–Crippen LogP) is 6.83. The number of rotatable bonds is 16. The molecule has 0 atom stereocenters. The highest BCUT2D eigenvalue weighted by atomic mass is 16.3. The third kappa shape index (κ3) is 18.9. The fourth-order valence-electron chi connectivity index (χ4n) is 2.50. The fourth-order valence-corrected chi connectivity index (χ4v) is 2.50.